The van der Waals surface area contributed by atoms with E-state index in [9.17, 15) is 14.7 Å². The number of hydrogen-bond donors (Lipinski definition) is 3. The number of aromatic carboxylic acids is 1. The molecule has 2 unspecified atom stereocenters. The first-order valence-electron chi connectivity index (χ1n) is 9.12. The lowest BCUT2D eigenvalue weighted by molar-refractivity contribution is 0.0328. The van der Waals surface area contributed by atoms with E-state index < -0.39 is 11.6 Å². The maximum atomic E-state index is 12.5. The highest BCUT2D eigenvalue weighted by atomic mass is 16.4. The molecular formula is C21H22N2O4. The number of aliphatic hydroxyl groups is 1. The van der Waals surface area contributed by atoms with Gasteiger partial charge in [-0.05, 0) is 54.5 Å². The van der Waals surface area contributed by atoms with E-state index in [1.54, 1.807) is 17.0 Å². The number of benzene rings is 2. The molecule has 1 saturated carbocycles. The van der Waals surface area contributed by atoms with Gasteiger partial charge in [-0.2, -0.15) is 0 Å². The van der Waals surface area contributed by atoms with E-state index in [1.807, 2.05) is 30.3 Å². The van der Waals surface area contributed by atoms with Gasteiger partial charge >= 0.3 is 12.0 Å². The Morgan fingerprint density at radius 3 is 2.11 bits per heavy atom. The number of carboxylic acid groups (broad SMARTS) is 1. The van der Waals surface area contributed by atoms with E-state index in [0.29, 0.717) is 31.6 Å². The van der Waals surface area contributed by atoms with Gasteiger partial charge in [-0.15, -0.1) is 0 Å². The SMILES string of the molecule is O=C(O)c1ccc(NC(=O)N2CC3CC(O)(c4ccccc4)CC3C2)cc1. The van der Waals surface area contributed by atoms with Crippen molar-refractivity contribution in [3.8, 4) is 0 Å². The van der Waals surface area contributed by atoms with Gasteiger partial charge in [-0.25, -0.2) is 9.59 Å². The van der Waals surface area contributed by atoms with Crippen molar-refractivity contribution in [2.45, 2.75) is 18.4 Å². The van der Waals surface area contributed by atoms with E-state index in [1.165, 1.54) is 12.1 Å². The first-order chi connectivity index (χ1) is 12.9. The topological polar surface area (TPSA) is 89.9 Å². The van der Waals surface area contributed by atoms with Crippen molar-refractivity contribution in [1.29, 1.82) is 0 Å². The third-order valence-corrected chi connectivity index (χ3v) is 5.76. The fraction of sp³-hybridized carbons (Fsp3) is 0.333. The summed E-state index contributed by atoms with van der Waals surface area (Å²) in [5.41, 5.74) is 0.909. The molecule has 1 aliphatic heterocycles. The fourth-order valence-electron chi connectivity index (χ4n) is 4.40. The Morgan fingerprint density at radius 2 is 1.56 bits per heavy atom. The van der Waals surface area contributed by atoms with Crippen LogP contribution >= 0.6 is 0 Å². The average Bonchev–Trinajstić information content (AvgIpc) is 3.19. The van der Waals surface area contributed by atoms with Gasteiger partial charge in [-0.3, -0.25) is 0 Å². The summed E-state index contributed by atoms with van der Waals surface area (Å²) in [4.78, 5) is 25.2. The Labute approximate surface area is 157 Å². The second-order valence-corrected chi connectivity index (χ2v) is 7.54. The third kappa shape index (κ3) is 3.40. The molecule has 3 N–H and O–H groups in total. The number of urea groups is 1. The Hall–Kier alpha value is -2.86. The van der Waals surface area contributed by atoms with Crippen LogP contribution in [0.4, 0.5) is 10.5 Å². The minimum Gasteiger partial charge on any atom is -0.478 e. The van der Waals surface area contributed by atoms with E-state index >= 15 is 0 Å². The van der Waals surface area contributed by atoms with Crippen LogP contribution in [-0.4, -0.2) is 40.2 Å². The second kappa shape index (κ2) is 6.70. The van der Waals surface area contributed by atoms with Crippen molar-refractivity contribution in [2.75, 3.05) is 18.4 Å². The van der Waals surface area contributed by atoms with Crippen molar-refractivity contribution >= 4 is 17.7 Å². The molecule has 27 heavy (non-hydrogen) atoms. The number of fused-ring (bicyclic) bond motifs is 1. The van der Waals surface area contributed by atoms with Crippen LogP contribution in [-0.2, 0) is 5.60 Å². The highest BCUT2D eigenvalue weighted by Crippen LogP contribution is 2.48. The predicted molar refractivity (Wildman–Crippen MR) is 101 cm³/mol. The zero-order valence-corrected chi connectivity index (χ0v) is 14.8. The molecule has 2 aliphatic rings. The molecule has 1 saturated heterocycles. The second-order valence-electron chi connectivity index (χ2n) is 7.54. The summed E-state index contributed by atoms with van der Waals surface area (Å²) >= 11 is 0. The molecule has 2 fully saturated rings. The summed E-state index contributed by atoms with van der Waals surface area (Å²) in [6.45, 7) is 1.25. The van der Waals surface area contributed by atoms with Gasteiger partial charge in [0.1, 0.15) is 0 Å². The molecule has 0 spiro atoms. The molecule has 1 aliphatic carbocycles. The van der Waals surface area contributed by atoms with E-state index in [-0.39, 0.29) is 23.4 Å². The van der Waals surface area contributed by atoms with E-state index in [2.05, 4.69) is 5.32 Å². The van der Waals surface area contributed by atoms with Gasteiger partial charge in [0.25, 0.3) is 0 Å². The third-order valence-electron chi connectivity index (χ3n) is 5.76. The standard InChI is InChI=1S/C21H22N2O4/c24-19(25)14-6-8-18(9-7-14)22-20(26)23-12-15-10-21(27,11-16(15)13-23)17-4-2-1-3-5-17/h1-9,15-16,27H,10-13H2,(H,22,26)(H,24,25). The zero-order valence-electron chi connectivity index (χ0n) is 14.8. The fourth-order valence-corrected chi connectivity index (χ4v) is 4.40. The summed E-state index contributed by atoms with van der Waals surface area (Å²) < 4.78 is 0. The van der Waals surface area contributed by atoms with E-state index in [0.717, 1.165) is 5.56 Å². The van der Waals surface area contributed by atoms with E-state index in [4.69, 9.17) is 5.11 Å². The number of rotatable bonds is 3. The van der Waals surface area contributed by atoms with Crippen molar-refractivity contribution in [3.63, 3.8) is 0 Å². The normalized spacial score (nSPS) is 26.6. The monoisotopic (exact) mass is 366 g/mol. The van der Waals surface area contributed by atoms with Gasteiger partial charge in [0.05, 0.1) is 11.2 Å². The van der Waals surface area contributed by atoms with Crippen LogP contribution in [0.5, 0.6) is 0 Å². The lowest BCUT2D eigenvalue weighted by atomic mass is 9.90. The molecule has 0 aromatic heterocycles. The Kier molecular flexibility index (Phi) is 4.36. The van der Waals surface area contributed by atoms with Gasteiger partial charge in [0.15, 0.2) is 0 Å². The highest BCUT2D eigenvalue weighted by molar-refractivity contribution is 5.91. The Balaban J connectivity index is 1.37. The summed E-state index contributed by atoms with van der Waals surface area (Å²) in [5, 5.41) is 22.8. The molecule has 2 aromatic rings. The smallest absolute Gasteiger partial charge is 0.335 e. The maximum Gasteiger partial charge on any atom is 0.335 e. The summed E-state index contributed by atoms with van der Waals surface area (Å²) in [6, 6.07) is 15.7. The molecule has 6 heteroatoms. The number of nitrogens with one attached hydrogen (secondary N) is 1. The van der Waals surface area contributed by atoms with Gasteiger partial charge in [-0.1, -0.05) is 30.3 Å². The molecule has 1 heterocycles. The van der Waals surface area contributed by atoms with Gasteiger partial charge in [0.2, 0.25) is 0 Å². The summed E-state index contributed by atoms with van der Waals surface area (Å²) in [6.07, 6.45) is 1.33. The lowest BCUT2D eigenvalue weighted by Gasteiger charge is -2.26. The number of carbonyl (C=O) groups is 2. The molecular weight excluding hydrogens is 344 g/mol. The van der Waals surface area contributed by atoms with Crippen molar-refractivity contribution in [3.05, 3.63) is 65.7 Å². The van der Waals surface area contributed by atoms with Crippen LogP contribution in [0.2, 0.25) is 0 Å². The first kappa shape index (κ1) is 17.5. The van der Waals surface area contributed by atoms with Crippen molar-refractivity contribution in [2.24, 2.45) is 11.8 Å². The quantitative estimate of drug-likeness (QED) is 0.778. The lowest BCUT2D eigenvalue weighted by Crippen LogP contribution is -2.35. The maximum absolute atomic E-state index is 12.5. The summed E-state index contributed by atoms with van der Waals surface area (Å²) in [5.74, 6) is -0.420. The zero-order chi connectivity index (χ0) is 19.0. The molecule has 6 nitrogen and oxygen atoms in total. The number of hydrogen-bond acceptors (Lipinski definition) is 3. The van der Waals surface area contributed by atoms with Crippen LogP contribution in [0, 0.1) is 11.8 Å². The van der Waals surface area contributed by atoms with Gasteiger partial charge in [0, 0.05) is 18.8 Å². The predicted octanol–water partition coefficient (Wildman–Crippen LogP) is 3.15. The van der Waals surface area contributed by atoms with Crippen LogP contribution in [0.15, 0.2) is 54.6 Å². The molecule has 2 amide bonds. The summed E-state index contributed by atoms with van der Waals surface area (Å²) in [7, 11) is 0. The molecule has 4 rings (SSSR count). The molecule has 2 aromatic carbocycles. The number of likely N-dealkylation sites (tertiary alicyclic amines) is 1. The minimum atomic E-state index is -0.994. The highest BCUT2D eigenvalue weighted by Gasteiger charge is 2.49. The Morgan fingerprint density at radius 1 is 0.963 bits per heavy atom. The largest absolute Gasteiger partial charge is 0.478 e. The van der Waals surface area contributed by atoms with Crippen LogP contribution < -0.4 is 5.32 Å². The van der Waals surface area contributed by atoms with Crippen LogP contribution in [0.25, 0.3) is 0 Å². The Bertz CT molecular complexity index is 836. The van der Waals surface area contributed by atoms with Crippen molar-refractivity contribution in [1.82, 2.24) is 4.90 Å². The number of anilines is 1. The van der Waals surface area contributed by atoms with Gasteiger partial charge < -0.3 is 20.4 Å². The molecule has 0 bridgehead atoms. The van der Waals surface area contributed by atoms with Crippen molar-refractivity contribution < 1.29 is 19.8 Å². The molecule has 2 atom stereocenters. The average molecular weight is 366 g/mol. The van der Waals surface area contributed by atoms with Crippen LogP contribution in [0.3, 0.4) is 0 Å². The van der Waals surface area contributed by atoms with Crippen LogP contribution in [0.1, 0.15) is 28.8 Å². The number of nitrogens with zero attached hydrogens (tertiary/aromatic N) is 1. The number of carboxylic acids is 1. The number of carbonyl (C=O) groups excluding carboxylic acids is 1. The first-order valence-corrected chi connectivity index (χ1v) is 9.12. The molecule has 0 radical (unpaired) electrons. The minimum absolute atomic E-state index is 0.184. The molecule has 140 valence electrons. The number of amides is 2.